The van der Waals surface area contributed by atoms with Gasteiger partial charge in [0, 0.05) is 70.0 Å². The van der Waals surface area contributed by atoms with E-state index in [0.717, 1.165) is 52.7 Å². The van der Waals surface area contributed by atoms with E-state index < -0.39 is 6.10 Å². The maximum absolute atomic E-state index is 11.0. The summed E-state index contributed by atoms with van der Waals surface area (Å²) in [7, 11) is 0. The van der Waals surface area contributed by atoms with Gasteiger partial charge in [-0.25, -0.2) is 0 Å². The zero-order valence-electron chi connectivity index (χ0n) is 17.9. The lowest BCUT2D eigenvalue weighted by molar-refractivity contribution is 0.0634. The lowest BCUT2D eigenvalue weighted by atomic mass is 10.2. The zero-order valence-corrected chi connectivity index (χ0v) is 21.1. The van der Waals surface area contributed by atoms with E-state index in [4.69, 9.17) is 0 Å². The molecule has 1 N–H and O–H groups in total. The largest absolute Gasteiger partial charge is 0.390 e. The molecule has 1 aromatic heterocycles. The first-order valence-electron chi connectivity index (χ1n) is 11.1. The number of piperazine rings is 1. The van der Waals surface area contributed by atoms with Crippen LogP contribution in [0.4, 0.5) is 0 Å². The molecule has 0 spiro atoms. The van der Waals surface area contributed by atoms with Crippen LogP contribution in [0.25, 0.3) is 21.8 Å². The number of aliphatic hydroxyl groups excluding tert-OH is 1. The minimum Gasteiger partial charge on any atom is -0.390 e. The number of nitrogens with zero attached hydrogens (tertiary/aromatic N) is 3. The molecular weight excluding hydrogens is 530 g/mol. The quantitative estimate of drug-likeness (QED) is 0.340. The topological polar surface area (TPSA) is 31.6 Å². The molecule has 1 saturated heterocycles. The highest BCUT2D eigenvalue weighted by molar-refractivity contribution is 9.10. The highest BCUT2D eigenvalue weighted by Gasteiger charge is 2.21. The standard InChI is InChI=1S/C26H27Br2N3O/c27-20-6-8-25-23(14-20)24-15-21(28)7-9-26(24)31(25)18-22(32)17-30-12-10-29(11-13-30)16-19-4-2-1-3-5-19/h1-9,14-15,22,32H,10-13,16-18H2. The summed E-state index contributed by atoms with van der Waals surface area (Å²) in [6, 6.07) is 23.4. The van der Waals surface area contributed by atoms with Crippen molar-refractivity contribution < 1.29 is 5.11 Å². The SMILES string of the molecule is OC(CN1CCN(Cc2ccccc2)CC1)Cn1c2ccc(Br)cc2c2cc(Br)ccc21. The van der Waals surface area contributed by atoms with Gasteiger partial charge in [-0.2, -0.15) is 0 Å². The second-order valence-corrected chi connectivity index (χ2v) is 10.5. The van der Waals surface area contributed by atoms with Crippen LogP contribution < -0.4 is 0 Å². The van der Waals surface area contributed by atoms with Gasteiger partial charge in [0.2, 0.25) is 0 Å². The number of aromatic nitrogens is 1. The summed E-state index contributed by atoms with van der Waals surface area (Å²) in [6.07, 6.45) is -0.415. The Kier molecular flexibility index (Phi) is 6.67. The van der Waals surface area contributed by atoms with Gasteiger partial charge in [0.25, 0.3) is 0 Å². The third-order valence-electron chi connectivity index (χ3n) is 6.37. The zero-order chi connectivity index (χ0) is 22.1. The molecule has 6 heteroatoms. The first-order chi connectivity index (χ1) is 15.6. The first-order valence-corrected chi connectivity index (χ1v) is 12.7. The molecule has 0 radical (unpaired) electrons. The summed E-state index contributed by atoms with van der Waals surface area (Å²) in [5.41, 5.74) is 3.69. The van der Waals surface area contributed by atoms with Crippen molar-refractivity contribution in [3.8, 4) is 0 Å². The normalized spacial score (nSPS) is 16.7. The summed E-state index contributed by atoms with van der Waals surface area (Å²) in [5, 5.41) is 13.4. The fraction of sp³-hybridized carbons (Fsp3) is 0.308. The molecule has 32 heavy (non-hydrogen) atoms. The second kappa shape index (κ2) is 9.65. The molecule has 0 aliphatic carbocycles. The Labute approximate surface area is 205 Å². The van der Waals surface area contributed by atoms with Crippen molar-refractivity contribution in [2.24, 2.45) is 0 Å². The minimum absolute atomic E-state index is 0.415. The fourth-order valence-corrected chi connectivity index (χ4v) is 5.51. The molecule has 3 aromatic carbocycles. The summed E-state index contributed by atoms with van der Waals surface area (Å²) < 4.78 is 4.40. The number of halogens is 2. The minimum atomic E-state index is -0.415. The Morgan fingerprint density at radius 1 is 0.719 bits per heavy atom. The van der Waals surface area contributed by atoms with Crippen LogP contribution in [-0.2, 0) is 13.1 Å². The van der Waals surface area contributed by atoms with Gasteiger partial charge in [-0.05, 0) is 42.0 Å². The molecule has 166 valence electrons. The number of fused-ring (bicyclic) bond motifs is 3. The maximum Gasteiger partial charge on any atom is 0.0845 e. The van der Waals surface area contributed by atoms with Gasteiger partial charge in [-0.1, -0.05) is 62.2 Å². The number of rotatable bonds is 6. The van der Waals surface area contributed by atoms with Crippen molar-refractivity contribution in [1.82, 2.24) is 14.4 Å². The van der Waals surface area contributed by atoms with E-state index in [1.807, 2.05) is 0 Å². The van der Waals surface area contributed by atoms with Crippen LogP contribution in [0.5, 0.6) is 0 Å². The van der Waals surface area contributed by atoms with Gasteiger partial charge < -0.3 is 9.67 Å². The van der Waals surface area contributed by atoms with Gasteiger partial charge in [-0.15, -0.1) is 0 Å². The van der Waals surface area contributed by atoms with Crippen LogP contribution in [0.1, 0.15) is 5.56 Å². The number of β-amino-alcohol motifs (C(OH)–C–C–N with tert-alkyl or cyclic N) is 1. The van der Waals surface area contributed by atoms with Crippen molar-refractivity contribution in [3.63, 3.8) is 0 Å². The maximum atomic E-state index is 11.0. The van der Waals surface area contributed by atoms with E-state index in [-0.39, 0.29) is 0 Å². The summed E-state index contributed by atoms with van der Waals surface area (Å²) >= 11 is 7.21. The highest BCUT2D eigenvalue weighted by Crippen LogP contribution is 2.33. The summed E-state index contributed by atoms with van der Waals surface area (Å²) in [4.78, 5) is 4.90. The van der Waals surface area contributed by atoms with Crippen LogP contribution in [-0.4, -0.2) is 58.3 Å². The molecule has 1 unspecified atom stereocenters. The van der Waals surface area contributed by atoms with Crippen molar-refractivity contribution in [1.29, 1.82) is 0 Å². The molecule has 2 heterocycles. The Morgan fingerprint density at radius 3 is 1.88 bits per heavy atom. The third kappa shape index (κ3) is 4.80. The van der Waals surface area contributed by atoms with E-state index in [1.165, 1.54) is 16.3 Å². The fourth-order valence-electron chi connectivity index (χ4n) is 4.78. The van der Waals surface area contributed by atoms with Crippen molar-refractivity contribution >= 4 is 53.7 Å². The molecule has 1 aliphatic heterocycles. The smallest absolute Gasteiger partial charge is 0.0845 e. The van der Waals surface area contributed by atoms with Gasteiger partial charge in [0.1, 0.15) is 0 Å². The van der Waals surface area contributed by atoms with Gasteiger partial charge in [-0.3, -0.25) is 9.80 Å². The molecule has 1 fully saturated rings. The second-order valence-electron chi connectivity index (χ2n) is 8.65. The number of hydrogen-bond donors (Lipinski definition) is 1. The summed E-state index contributed by atoms with van der Waals surface area (Å²) in [6.45, 7) is 6.37. The Morgan fingerprint density at radius 2 is 1.28 bits per heavy atom. The number of hydrogen-bond acceptors (Lipinski definition) is 3. The van der Waals surface area contributed by atoms with E-state index >= 15 is 0 Å². The van der Waals surface area contributed by atoms with Crippen LogP contribution >= 0.6 is 31.9 Å². The molecule has 5 rings (SSSR count). The monoisotopic (exact) mass is 555 g/mol. The number of benzene rings is 3. The van der Waals surface area contributed by atoms with Crippen LogP contribution in [0.3, 0.4) is 0 Å². The molecule has 0 saturated carbocycles. The Balaban J connectivity index is 1.26. The van der Waals surface area contributed by atoms with E-state index in [0.29, 0.717) is 13.1 Å². The lowest BCUT2D eigenvalue weighted by Gasteiger charge is -2.35. The van der Waals surface area contributed by atoms with Crippen LogP contribution in [0.15, 0.2) is 75.7 Å². The van der Waals surface area contributed by atoms with Crippen molar-refractivity contribution in [3.05, 3.63) is 81.2 Å². The molecule has 4 aromatic rings. The Hall–Kier alpha value is -1.70. The van der Waals surface area contributed by atoms with Gasteiger partial charge in [0.05, 0.1) is 12.6 Å². The average Bonchev–Trinajstić information content (AvgIpc) is 3.08. The summed E-state index contributed by atoms with van der Waals surface area (Å²) in [5.74, 6) is 0. The molecule has 0 amide bonds. The predicted molar refractivity (Wildman–Crippen MR) is 139 cm³/mol. The highest BCUT2D eigenvalue weighted by atomic mass is 79.9. The van der Waals surface area contributed by atoms with Gasteiger partial charge >= 0.3 is 0 Å². The lowest BCUT2D eigenvalue weighted by Crippen LogP contribution is -2.48. The molecule has 1 atom stereocenters. The number of aliphatic hydroxyl groups is 1. The molecular formula is C26H27Br2N3O. The van der Waals surface area contributed by atoms with Crippen LogP contribution in [0.2, 0.25) is 0 Å². The Bertz CT molecular complexity index is 1160. The molecule has 1 aliphatic rings. The van der Waals surface area contributed by atoms with E-state index in [1.54, 1.807) is 0 Å². The van der Waals surface area contributed by atoms with E-state index in [9.17, 15) is 5.11 Å². The predicted octanol–water partition coefficient (Wildman–Crippen LogP) is 5.50. The molecule has 0 bridgehead atoms. The average molecular weight is 557 g/mol. The first kappa shape index (κ1) is 22.1. The van der Waals surface area contributed by atoms with Crippen molar-refractivity contribution in [2.45, 2.75) is 19.2 Å². The molecule has 4 nitrogen and oxygen atoms in total. The third-order valence-corrected chi connectivity index (χ3v) is 7.35. The van der Waals surface area contributed by atoms with E-state index in [2.05, 4.69) is 113 Å². The van der Waals surface area contributed by atoms with Crippen LogP contribution in [0, 0.1) is 0 Å². The van der Waals surface area contributed by atoms with Crippen molar-refractivity contribution in [2.75, 3.05) is 32.7 Å². The van der Waals surface area contributed by atoms with Gasteiger partial charge in [0.15, 0.2) is 0 Å².